The Labute approximate surface area is 189 Å². The van der Waals surface area contributed by atoms with Crippen molar-refractivity contribution in [2.75, 3.05) is 33.3 Å². The van der Waals surface area contributed by atoms with Crippen LogP contribution in [0.5, 0.6) is 5.75 Å². The SMILES string of the molecule is CC[NH+](CC)CCN1C(=O)c2oc3ccc(Br)cc3c(=O)c2[C@H]1c1cccc(OC)c1. The maximum absolute atomic E-state index is 13.6. The van der Waals surface area contributed by atoms with Gasteiger partial charge in [0.05, 0.1) is 50.3 Å². The molecule has 0 aliphatic carbocycles. The van der Waals surface area contributed by atoms with Crippen LogP contribution in [-0.4, -0.2) is 44.1 Å². The van der Waals surface area contributed by atoms with Crippen LogP contribution in [0.25, 0.3) is 11.0 Å². The third-order valence-corrected chi connectivity index (χ3v) is 6.54. The fourth-order valence-corrected chi connectivity index (χ4v) is 4.62. The number of likely N-dealkylation sites (N-methyl/N-ethyl adjacent to an activating group) is 1. The molecule has 0 fully saturated rings. The van der Waals surface area contributed by atoms with E-state index in [1.54, 1.807) is 30.2 Å². The van der Waals surface area contributed by atoms with Crippen molar-refractivity contribution in [3.63, 3.8) is 0 Å². The summed E-state index contributed by atoms with van der Waals surface area (Å²) in [6.07, 6.45) is 0. The van der Waals surface area contributed by atoms with Crippen molar-refractivity contribution in [2.24, 2.45) is 0 Å². The summed E-state index contributed by atoms with van der Waals surface area (Å²) in [6.45, 7) is 7.55. The number of rotatable bonds is 7. The maximum atomic E-state index is 13.6. The largest absolute Gasteiger partial charge is 0.497 e. The summed E-state index contributed by atoms with van der Waals surface area (Å²) in [7, 11) is 1.60. The van der Waals surface area contributed by atoms with E-state index in [1.807, 2.05) is 24.3 Å². The van der Waals surface area contributed by atoms with E-state index >= 15 is 0 Å². The van der Waals surface area contributed by atoms with E-state index in [2.05, 4.69) is 29.8 Å². The minimum absolute atomic E-state index is 0.141. The molecule has 3 aromatic rings. The zero-order valence-corrected chi connectivity index (χ0v) is 19.5. The lowest BCUT2D eigenvalue weighted by Gasteiger charge is -2.27. The molecule has 0 saturated carbocycles. The summed E-state index contributed by atoms with van der Waals surface area (Å²) in [5.41, 5.74) is 1.48. The van der Waals surface area contributed by atoms with Crippen LogP contribution in [0.15, 0.2) is 56.1 Å². The molecule has 0 saturated heterocycles. The van der Waals surface area contributed by atoms with Crippen LogP contribution >= 0.6 is 15.9 Å². The van der Waals surface area contributed by atoms with Gasteiger partial charge in [0.15, 0.2) is 5.43 Å². The maximum Gasteiger partial charge on any atom is 0.291 e. The Bertz CT molecular complexity index is 1190. The van der Waals surface area contributed by atoms with Gasteiger partial charge in [-0.1, -0.05) is 28.1 Å². The first kappa shape index (κ1) is 21.6. The second-order valence-electron chi connectivity index (χ2n) is 7.70. The fraction of sp³-hybridized carbons (Fsp3) is 0.333. The second-order valence-corrected chi connectivity index (χ2v) is 8.61. The molecule has 2 aromatic carbocycles. The van der Waals surface area contributed by atoms with Crippen molar-refractivity contribution in [3.8, 4) is 5.75 Å². The molecule has 0 spiro atoms. The van der Waals surface area contributed by atoms with Gasteiger partial charge < -0.3 is 19.0 Å². The normalized spacial score (nSPS) is 15.7. The molecule has 0 bridgehead atoms. The van der Waals surface area contributed by atoms with E-state index < -0.39 is 6.04 Å². The number of hydrogen-bond acceptors (Lipinski definition) is 4. The Morgan fingerprint density at radius 3 is 2.61 bits per heavy atom. The summed E-state index contributed by atoms with van der Waals surface area (Å²) in [6, 6.07) is 12.3. The third-order valence-electron chi connectivity index (χ3n) is 6.04. The quantitative estimate of drug-likeness (QED) is 0.558. The number of quaternary nitrogens is 1. The molecule has 6 nitrogen and oxygen atoms in total. The number of methoxy groups -OCH3 is 1. The summed E-state index contributed by atoms with van der Waals surface area (Å²) >= 11 is 3.43. The lowest BCUT2D eigenvalue weighted by molar-refractivity contribution is -0.895. The number of benzene rings is 2. The first-order chi connectivity index (χ1) is 15.0. The third kappa shape index (κ3) is 3.88. The average molecular weight is 486 g/mol. The van der Waals surface area contributed by atoms with Crippen LogP contribution in [0.3, 0.4) is 0 Å². The zero-order chi connectivity index (χ0) is 22.1. The lowest BCUT2D eigenvalue weighted by Crippen LogP contribution is -3.12. The van der Waals surface area contributed by atoms with Gasteiger partial charge in [0.1, 0.15) is 11.3 Å². The van der Waals surface area contributed by atoms with Crippen LogP contribution in [-0.2, 0) is 0 Å². The summed E-state index contributed by atoms with van der Waals surface area (Å²) in [5, 5.41) is 0.463. The van der Waals surface area contributed by atoms with Crippen molar-refractivity contribution in [1.82, 2.24) is 4.90 Å². The summed E-state index contributed by atoms with van der Waals surface area (Å²) in [5.74, 6) is 0.583. The molecule has 1 aliphatic heterocycles. The summed E-state index contributed by atoms with van der Waals surface area (Å²) in [4.78, 5) is 30.1. The van der Waals surface area contributed by atoms with Gasteiger partial charge in [0.25, 0.3) is 5.91 Å². The average Bonchev–Trinajstić information content (AvgIpc) is 3.07. The molecule has 0 radical (unpaired) electrons. The number of amides is 1. The van der Waals surface area contributed by atoms with Gasteiger partial charge in [-0.2, -0.15) is 0 Å². The molecule has 4 rings (SSSR count). The number of halogens is 1. The Morgan fingerprint density at radius 2 is 1.90 bits per heavy atom. The van der Waals surface area contributed by atoms with E-state index in [9.17, 15) is 9.59 Å². The number of hydrogen-bond donors (Lipinski definition) is 1. The molecular weight excluding hydrogens is 460 g/mol. The number of nitrogens with zero attached hydrogens (tertiary/aromatic N) is 1. The van der Waals surface area contributed by atoms with Crippen molar-refractivity contribution < 1.29 is 18.8 Å². The van der Waals surface area contributed by atoms with E-state index in [-0.39, 0.29) is 17.1 Å². The number of ether oxygens (including phenoxy) is 1. The predicted octanol–water partition coefficient (Wildman–Crippen LogP) is 3.03. The van der Waals surface area contributed by atoms with E-state index in [1.165, 1.54) is 4.90 Å². The first-order valence-electron chi connectivity index (χ1n) is 10.5. The van der Waals surface area contributed by atoms with E-state index in [0.717, 1.165) is 29.7 Å². The standard InChI is InChI=1S/C24H25BrN2O4/c1-4-26(5-2)11-12-27-21(15-7-6-8-17(13-15)30-3)20-22(28)18-14-16(25)9-10-19(18)31-23(20)24(27)29/h6-10,13-14,21H,4-5,11-12H2,1-3H3/p+1/t21-/m1/s1. The van der Waals surface area contributed by atoms with E-state index in [0.29, 0.717) is 28.8 Å². The summed E-state index contributed by atoms with van der Waals surface area (Å²) < 4.78 is 12.2. The van der Waals surface area contributed by atoms with Crippen LogP contribution in [0, 0.1) is 0 Å². The highest BCUT2D eigenvalue weighted by molar-refractivity contribution is 9.10. The lowest BCUT2D eigenvalue weighted by atomic mass is 9.98. The second kappa shape index (κ2) is 8.85. The Morgan fingerprint density at radius 1 is 1.13 bits per heavy atom. The highest BCUT2D eigenvalue weighted by atomic mass is 79.9. The van der Waals surface area contributed by atoms with Gasteiger partial charge in [0.2, 0.25) is 5.76 Å². The number of carbonyl (C=O) groups excluding carboxylic acids is 1. The minimum atomic E-state index is -0.507. The molecule has 1 atom stereocenters. The molecule has 1 amide bonds. The molecule has 0 unspecified atom stereocenters. The van der Waals surface area contributed by atoms with E-state index in [4.69, 9.17) is 9.15 Å². The van der Waals surface area contributed by atoms with Gasteiger partial charge >= 0.3 is 0 Å². The van der Waals surface area contributed by atoms with Gasteiger partial charge in [-0.25, -0.2) is 0 Å². The van der Waals surface area contributed by atoms with Gasteiger partial charge in [-0.3, -0.25) is 9.59 Å². The number of carbonyl (C=O) groups is 1. The molecule has 31 heavy (non-hydrogen) atoms. The highest BCUT2D eigenvalue weighted by Crippen LogP contribution is 2.38. The molecule has 1 N–H and O–H groups in total. The molecule has 2 heterocycles. The topological polar surface area (TPSA) is 64.2 Å². The predicted molar refractivity (Wildman–Crippen MR) is 123 cm³/mol. The number of nitrogens with one attached hydrogen (secondary N) is 1. The molecule has 7 heteroatoms. The van der Waals surface area contributed by atoms with Crippen LogP contribution in [0.4, 0.5) is 0 Å². The van der Waals surface area contributed by atoms with Crippen LogP contribution in [0.2, 0.25) is 0 Å². The minimum Gasteiger partial charge on any atom is -0.497 e. The van der Waals surface area contributed by atoms with Crippen molar-refractivity contribution in [3.05, 3.63) is 74.0 Å². The van der Waals surface area contributed by atoms with Gasteiger partial charge in [0, 0.05) is 4.47 Å². The molecule has 162 valence electrons. The van der Waals surface area contributed by atoms with Crippen molar-refractivity contribution >= 4 is 32.8 Å². The van der Waals surface area contributed by atoms with Crippen molar-refractivity contribution in [1.29, 1.82) is 0 Å². The van der Waals surface area contributed by atoms with Crippen LogP contribution < -0.4 is 15.1 Å². The van der Waals surface area contributed by atoms with Gasteiger partial charge in [-0.05, 0) is 49.7 Å². The Hall–Kier alpha value is -2.64. The zero-order valence-electron chi connectivity index (χ0n) is 17.9. The fourth-order valence-electron chi connectivity index (χ4n) is 4.26. The highest BCUT2D eigenvalue weighted by Gasteiger charge is 2.43. The number of fused-ring (bicyclic) bond motifs is 2. The Kier molecular flexibility index (Phi) is 6.16. The van der Waals surface area contributed by atoms with Gasteiger partial charge in [-0.15, -0.1) is 0 Å². The molecular formula is C24H26BrN2O4+. The smallest absolute Gasteiger partial charge is 0.291 e. The first-order valence-corrected chi connectivity index (χ1v) is 11.3. The van der Waals surface area contributed by atoms with Crippen molar-refractivity contribution in [2.45, 2.75) is 19.9 Å². The Balaban J connectivity index is 1.89. The molecule has 1 aromatic heterocycles. The van der Waals surface area contributed by atoms with Crippen LogP contribution in [0.1, 0.15) is 41.6 Å². The monoisotopic (exact) mass is 485 g/mol. The molecule has 1 aliphatic rings.